The van der Waals surface area contributed by atoms with E-state index in [0.29, 0.717) is 12.2 Å². The summed E-state index contributed by atoms with van der Waals surface area (Å²) in [5.74, 6) is 1.39. The van der Waals surface area contributed by atoms with Gasteiger partial charge in [-0.05, 0) is 24.6 Å². The van der Waals surface area contributed by atoms with Crippen LogP contribution in [0, 0.1) is 0 Å². The normalized spacial score (nSPS) is 12.7. The summed E-state index contributed by atoms with van der Waals surface area (Å²) < 4.78 is 6.61. The van der Waals surface area contributed by atoms with E-state index < -0.39 is 6.10 Å². The third kappa shape index (κ3) is 2.20. The fourth-order valence-corrected chi connectivity index (χ4v) is 2.02. The largest absolute Gasteiger partial charge is 0.458 e. The lowest BCUT2D eigenvalue weighted by Gasteiger charge is -2.03. The highest BCUT2D eigenvalue weighted by atomic mass is 79.9. The minimum atomic E-state index is -0.517. The molecule has 1 aromatic carbocycles. The molecule has 0 fully saturated rings. The van der Waals surface area contributed by atoms with Gasteiger partial charge in [0.1, 0.15) is 17.6 Å². The molecule has 0 saturated heterocycles. The third-order valence-corrected chi connectivity index (χ3v) is 3.17. The van der Waals surface area contributed by atoms with Crippen LogP contribution in [0.1, 0.15) is 25.2 Å². The van der Waals surface area contributed by atoms with Crippen molar-refractivity contribution in [2.75, 3.05) is 0 Å². The number of hydrogen-bond donors (Lipinski definition) is 1. The second-order valence-electron chi connectivity index (χ2n) is 3.61. The number of halogens is 1. The van der Waals surface area contributed by atoms with Crippen molar-refractivity contribution in [2.24, 2.45) is 0 Å². The Bertz CT molecular complexity index is 476. The van der Waals surface area contributed by atoms with E-state index in [1.54, 1.807) is 0 Å². The summed E-state index contributed by atoms with van der Waals surface area (Å²) in [7, 11) is 0. The molecule has 0 radical (unpaired) electrons. The molecule has 3 heteroatoms. The molecule has 2 aromatic rings. The average Bonchev–Trinajstić information content (AvgIpc) is 2.78. The van der Waals surface area contributed by atoms with Gasteiger partial charge in [-0.15, -0.1) is 0 Å². The summed E-state index contributed by atoms with van der Waals surface area (Å²) in [5.41, 5.74) is 0.997. The Kier molecular flexibility index (Phi) is 3.46. The highest BCUT2D eigenvalue weighted by molar-refractivity contribution is 9.10. The summed E-state index contributed by atoms with van der Waals surface area (Å²) in [6.45, 7) is 1.92. The molecule has 84 valence electrons. The van der Waals surface area contributed by atoms with Gasteiger partial charge in [0.05, 0.1) is 0 Å². The van der Waals surface area contributed by atoms with Crippen molar-refractivity contribution in [1.29, 1.82) is 0 Å². The van der Waals surface area contributed by atoms with Crippen molar-refractivity contribution in [2.45, 2.75) is 19.4 Å². The fourth-order valence-electron chi connectivity index (χ4n) is 1.54. The van der Waals surface area contributed by atoms with E-state index in [0.717, 1.165) is 15.8 Å². The highest BCUT2D eigenvalue weighted by Crippen LogP contribution is 2.31. The first-order valence-electron chi connectivity index (χ1n) is 5.25. The van der Waals surface area contributed by atoms with Gasteiger partial charge in [-0.25, -0.2) is 0 Å². The van der Waals surface area contributed by atoms with Crippen LogP contribution in [0.25, 0.3) is 11.3 Å². The van der Waals surface area contributed by atoms with Gasteiger partial charge in [0.2, 0.25) is 0 Å². The molecule has 2 nitrogen and oxygen atoms in total. The molecule has 1 heterocycles. The maximum absolute atomic E-state index is 9.65. The van der Waals surface area contributed by atoms with Crippen molar-refractivity contribution in [3.8, 4) is 11.3 Å². The van der Waals surface area contributed by atoms with Crippen molar-refractivity contribution < 1.29 is 9.52 Å². The summed E-state index contributed by atoms with van der Waals surface area (Å²) >= 11 is 3.47. The lowest BCUT2D eigenvalue weighted by Crippen LogP contribution is -1.91. The molecule has 0 aliphatic rings. The molecule has 0 aliphatic heterocycles. The molecule has 0 amide bonds. The van der Waals surface area contributed by atoms with Gasteiger partial charge >= 0.3 is 0 Å². The molecule has 0 saturated carbocycles. The summed E-state index contributed by atoms with van der Waals surface area (Å²) in [6, 6.07) is 11.6. The van der Waals surface area contributed by atoms with Crippen LogP contribution in [-0.2, 0) is 0 Å². The Labute approximate surface area is 103 Å². The van der Waals surface area contributed by atoms with E-state index in [-0.39, 0.29) is 0 Å². The standard InChI is InChI=1S/C13H13BrO2/c1-2-11(15)13-8-7-12(16-13)9-5-3-4-6-10(9)14/h3-8,11,15H,2H2,1H3. The molecular formula is C13H13BrO2. The molecule has 1 N–H and O–H groups in total. The van der Waals surface area contributed by atoms with Crippen LogP contribution in [0.3, 0.4) is 0 Å². The Balaban J connectivity index is 2.35. The highest BCUT2D eigenvalue weighted by Gasteiger charge is 2.12. The smallest absolute Gasteiger partial charge is 0.135 e. The van der Waals surface area contributed by atoms with Gasteiger partial charge in [0, 0.05) is 10.0 Å². The van der Waals surface area contributed by atoms with E-state index in [1.807, 2.05) is 43.3 Å². The first-order chi connectivity index (χ1) is 7.72. The number of aliphatic hydroxyl groups excluding tert-OH is 1. The monoisotopic (exact) mass is 280 g/mol. The SMILES string of the molecule is CCC(O)c1ccc(-c2ccccc2Br)o1. The minimum Gasteiger partial charge on any atom is -0.458 e. The van der Waals surface area contributed by atoms with Crippen LogP contribution in [0.2, 0.25) is 0 Å². The molecule has 0 spiro atoms. The van der Waals surface area contributed by atoms with Crippen LogP contribution in [0.15, 0.2) is 45.3 Å². The van der Waals surface area contributed by atoms with Crippen LogP contribution in [0.5, 0.6) is 0 Å². The molecule has 1 aromatic heterocycles. The topological polar surface area (TPSA) is 33.4 Å². The van der Waals surface area contributed by atoms with Crippen molar-refractivity contribution in [3.05, 3.63) is 46.6 Å². The Morgan fingerprint density at radius 2 is 2.00 bits per heavy atom. The van der Waals surface area contributed by atoms with Crippen molar-refractivity contribution >= 4 is 15.9 Å². The summed E-state index contributed by atoms with van der Waals surface area (Å²) in [4.78, 5) is 0. The lowest BCUT2D eigenvalue weighted by atomic mass is 10.2. The molecule has 0 aliphatic carbocycles. The summed E-state index contributed by atoms with van der Waals surface area (Å²) in [6.07, 6.45) is 0.138. The van der Waals surface area contributed by atoms with Gasteiger partial charge in [0.15, 0.2) is 0 Å². The van der Waals surface area contributed by atoms with Gasteiger partial charge in [-0.2, -0.15) is 0 Å². The van der Waals surface area contributed by atoms with Gasteiger partial charge < -0.3 is 9.52 Å². The zero-order chi connectivity index (χ0) is 11.5. The molecule has 0 bridgehead atoms. The zero-order valence-corrected chi connectivity index (χ0v) is 10.6. The maximum atomic E-state index is 9.65. The predicted molar refractivity (Wildman–Crippen MR) is 67.1 cm³/mol. The van der Waals surface area contributed by atoms with Gasteiger partial charge in [-0.1, -0.05) is 41.1 Å². The second-order valence-corrected chi connectivity index (χ2v) is 4.46. The van der Waals surface area contributed by atoms with Crippen LogP contribution >= 0.6 is 15.9 Å². The van der Waals surface area contributed by atoms with E-state index in [1.165, 1.54) is 0 Å². The second kappa shape index (κ2) is 4.85. The minimum absolute atomic E-state index is 0.517. The van der Waals surface area contributed by atoms with Crippen LogP contribution in [0.4, 0.5) is 0 Å². The first kappa shape index (κ1) is 11.4. The molecule has 1 unspecified atom stereocenters. The average molecular weight is 281 g/mol. The number of rotatable bonds is 3. The number of benzene rings is 1. The van der Waals surface area contributed by atoms with Crippen LogP contribution in [-0.4, -0.2) is 5.11 Å². The molecule has 1 atom stereocenters. The third-order valence-electron chi connectivity index (χ3n) is 2.48. The molecule has 2 rings (SSSR count). The lowest BCUT2D eigenvalue weighted by molar-refractivity contribution is 0.147. The van der Waals surface area contributed by atoms with E-state index >= 15 is 0 Å². The number of furan rings is 1. The zero-order valence-electron chi connectivity index (χ0n) is 8.98. The molecular weight excluding hydrogens is 268 g/mol. The van der Waals surface area contributed by atoms with Crippen molar-refractivity contribution in [1.82, 2.24) is 0 Å². The predicted octanol–water partition coefficient (Wildman–Crippen LogP) is 4.15. The van der Waals surface area contributed by atoms with Gasteiger partial charge in [0.25, 0.3) is 0 Å². The summed E-state index contributed by atoms with van der Waals surface area (Å²) in [5, 5.41) is 9.65. The van der Waals surface area contributed by atoms with Crippen molar-refractivity contribution in [3.63, 3.8) is 0 Å². The fraction of sp³-hybridized carbons (Fsp3) is 0.231. The Hall–Kier alpha value is -1.06. The Morgan fingerprint density at radius 3 is 2.69 bits per heavy atom. The number of aliphatic hydroxyl groups is 1. The quantitative estimate of drug-likeness (QED) is 0.916. The maximum Gasteiger partial charge on any atom is 0.135 e. The van der Waals surface area contributed by atoms with E-state index in [9.17, 15) is 5.11 Å². The Morgan fingerprint density at radius 1 is 1.25 bits per heavy atom. The van der Waals surface area contributed by atoms with Gasteiger partial charge in [-0.3, -0.25) is 0 Å². The van der Waals surface area contributed by atoms with E-state index in [4.69, 9.17) is 4.42 Å². The van der Waals surface area contributed by atoms with Crippen LogP contribution < -0.4 is 0 Å². The number of hydrogen-bond acceptors (Lipinski definition) is 2. The molecule has 16 heavy (non-hydrogen) atoms. The van der Waals surface area contributed by atoms with E-state index in [2.05, 4.69) is 15.9 Å². The first-order valence-corrected chi connectivity index (χ1v) is 6.04.